The van der Waals surface area contributed by atoms with E-state index in [0.29, 0.717) is 48.4 Å². The number of aromatic amines is 1. The molecule has 0 saturated carbocycles. The Balaban J connectivity index is 1.31. The highest BCUT2D eigenvalue weighted by Gasteiger charge is 2.07. The lowest BCUT2D eigenvalue weighted by Crippen LogP contribution is -2.26. The molecule has 0 radical (unpaired) electrons. The number of rotatable bonds is 10. The van der Waals surface area contributed by atoms with E-state index in [2.05, 4.69) is 32.1 Å². The third-order valence-electron chi connectivity index (χ3n) is 4.78. The second kappa shape index (κ2) is 11.3. The predicted molar refractivity (Wildman–Crippen MR) is 125 cm³/mol. The summed E-state index contributed by atoms with van der Waals surface area (Å²) in [6.07, 6.45) is 7.02. The summed E-state index contributed by atoms with van der Waals surface area (Å²) in [5.74, 6) is 2.87. The molecule has 164 valence electrons. The minimum atomic E-state index is -0.229. The Morgan fingerprint density at radius 1 is 0.969 bits per heavy atom. The molecule has 3 rings (SSSR count). The number of nitrogens with zero attached hydrogens (tertiary/aromatic N) is 1. The topological polar surface area (TPSA) is 116 Å². The summed E-state index contributed by atoms with van der Waals surface area (Å²) in [7, 11) is 0. The fraction of sp³-hybridized carbons (Fsp3) is 0.250. The van der Waals surface area contributed by atoms with Crippen molar-refractivity contribution >= 4 is 34.1 Å². The molecular weight excluding hydrogens is 406 g/mol. The third-order valence-corrected chi connectivity index (χ3v) is 4.78. The van der Waals surface area contributed by atoms with Gasteiger partial charge in [-0.1, -0.05) is 30.2 Å². The van der Waals surface area contributed by atoms with Gasteiger partial charge in [-0.3, -0.25) is 14.4 Å². The molecular formula is C24H25N5O3. The molecule has 2 aromatic carbocycles. The first kappa shape index (κ1) is 22.6. The lowest BCUT2D eigenvalue weighted by molar-refractivity contribution is -0.121. The fourth-order valence-corrected chi connectivity index (χ4v) is 3.18. The summed E-state index contributed by atoms with van der Waals surface area (Å²) in [6, 6.07) is 14.3. The van der Waals surface area contributed by atoms with Crippen molar-refractivity contribution in [3.05, 3.63) is 64.4 Å². The normalized spacial score (nSPS) is 10.3. The van der Waals surface area contributed by atoms with Crippen LogP contribution < -0.4 is 21.5 Å². The van der Waals surface area contributed by atoms with Crippen molar-refractivity contribution in [1.29, 1.82) is 0 Å². The fourth-order valence-electron chi connectivity index (χ4n) is 3.18. The van der Waals surface area contributed by atoms with Crippen LogP contribution in [0, 0.1) is 12.3 Å². The van der Waals surface area contributed by atoms with Gasteiger partial charge in [0.1, 0.15) is 0 Å². The van der Waals surface area contributed by atoms with Crippen LogP contribution in [0.1, 0.15) is 31.2 Å². The molecule has 4 N–H and O–H groups in total. The van der Waals surface area contributed by atoms with E-state index in [9.17, 15) is 14.4 Å². The van der Waals surface area contributed by atoms with Gasteiger partial charge in [0.15, 0.2) is 5.82 Å². The quantitative estimate of drug-likeness (QED) is 0.291. The number of hydrogen-bond donors (Lipinski definition) is 4. The molecule has 0 atom stereocenters. The zero-order chi connectivity index (χ0) is 22.8. The molecule has 1 heterocycles. The largest absolute Gasteiger partial charge is 0.368 e. The SMILES string of the molecule is C#Cc1cccc(NC(=O)CCCC(=O)NCCCNc2n[nH]c(=O)c3ccccc23)c1. The van der Waals surface area contributed by atoms with E-state index in [1.54, 1.807) is 36.4 Å². The van der Waals surface area contributed by atoms with E-state index in [0.717, 1.165) is 5.39 Å². The zero-order valence-electron chi connectivity index (χ0n) is 17.6. The monoisotopic (exact) mass is 431 g/mol. The molecule has 0 aliphatic rings. The first-order valence-electron chi connectivity index (χ1n) is 10.4. The number of amides is 2. The summed E-state index contributed by atoms with van der Waals surface area (Å²) in [5, 5.41) is 16.7. The van der Waals surface area contributed by atoms with E-state index < -0.39 is 0 Å². The van der Waals surface area contributed by atoms with Crippen molar-refractivity contribution in [2.24, 2.45) is 0 Å². The highest BCUT2D eigenvalue weighted by atomic mass is 16.2. The van der Waals surface area contributed by atoms with Gasteiger partial charge in [0.25, 0.3) is 5.56 Å². The summed E-state index contributed by atoms with van der Waals surface area (Å²) in [5.41, 5.74) is 1.11. The lowest BCUT2D eigenvalue weighted by atomic mass is 10.2. The zero-order valence-corrected chi connectivity index (χ0v) is 17.6. The molecule has 2 amide bonds. The molecule has 0 aliphatic heterocycles. The van der Waals surface area contributed by atoms with Gasteiger partial charge in [0.05, 0.1) is 5.39 Å². The molecule has 0 spiro atoms. The third kappa shape index (κ3) is 6.44. The lowest BCUT2D eigenvalue weighted by Gasteiger charge is -2.09. The number of H-pyrrole nitrogens is 1. The molecule has 0 aliphatic carbocycles. The van der Waals surface area contributed by atoms with Crippen LogP contribution in [-0.4, -0.2) is 35.1 Å². The van der Waals surface area contributed by atoms with E-state index in [1.165, 1.54) is 0 Å². The molecule has 1 aromatic heterocycles. The Hall–Kier alpha value is -4.12. The second-order valence-electron chi connectivity index (χ2n) is 7.20. The number of nitrogens with one attached hydrogen (secondary N) is 4. The minimum Gasteiger partial charge on any atom is -0.368 e. The van der Waals surface area contributed by atoms with Gasteiger partial charge < -0.3 is 16.0 Å². The number of fused-ring (bicyclic) bond motifs is 1. The van der Waals surface area contributed by atoms with Crippen molar-refractivity contribution in [2.45, 2.75) is 25.7 Å². The molecule has 3 aromatic rings. The first-order chi connectivity index (χ1) is 15.6. The summed E-state index contributed by atoms with van der Waals surface area (Å²) >= 11 is 0. The minimum absolute atomic E-state index is 0.0975. The van der Waals surface area contributed by atoms with Gasteiger partial charge in [-0.15, -0.1) is 6.42 Å². The van der Waals surface area contributed by atoms with Crippen LogP contribution in [0.5, 0.6) is 0 Å². The van der Waals surface area contributed by atoms with E-state index >= 15 is 0 Å². The number of carbonyl (C=O) groups excluding carboxylic acids is 2. The van der Waals surface area contributed by atoms with Crippen LogP contribution in [0.4, 0.5) is 11.5 Å². The number of aromatic nitrogens is 2. The number of hydrogen-bond acceptors (Lipinski definition) is 5. The molecule has 8 heteroatoms. The maximum absolute atomic E-state index is 12.0. The van der Waals surface area contributed by atoms with Crippen LogP contribution in [0.2, 0.25) is 0 Å². The predicted octanol–water partition coefficient (Wildman–Crippen LogP) is 2.63. The van der Waals surface area contributed by atoms with Crippen molar-refractivity contribution in [1.82, 2.24) is 15.5 Å². The Kier molecular flexibility index (Phi) is 7.98. The van der Waals surface area contributed by atoms with Crippen molar-refractivity contribution in [3.8, 4) is 12.3 Å². The summed E-state index contributed by atoms with van der Waals surface area (Å²) < 4.78 is 0. The number of carbonyl (C=O) groups is 2. The van der Waals surface area contributed by atoms with Gasteiger partial charge in [-0.25, -0.2) is 5.10 Å². The van der Waals surface area contributed by atoms with E-state index in [4.69, 9.17) is 6.42 Å². The van der Waals surface area contributed by atoms with E-state index in [1.807, 2.05) is 12.1 Å². The average Bonchev–Trinajstić information content (AvgIpc) is 2.80. The molecule has 0 bridgehead atoms. The van der Waals surface area contributed by atoms with Gasteiger partial charge in [0.2, 0.25) is 11.8 Å². The highest BCUT2D eigenvalue weighted by Crippen LogP contribution is 2.16. The molecule has 0 fully saturated rings. The van der Waals surface area contributed by atoms with Gasteiger partial charge in [-0.2, -0.15) is 5.10 Å². The van der Waals surface area contributed by atoms with Crippen molar-refractivity contribution in [3.63, 3.8) is 0 Å². The molecule has 0 unspecified atom stereocenters. The maximum Gasteiger partial charge on any atom is 0.272 e. The Bertz CT molecular complexity index is 1200. The maximum atomic E-state index is 12.0. The van der Waals surface area contributed by atoms with Crippen LogP contribution in [0.15, 0.2) is 53.3 Å². The standard InChI is InChI=1S/C24H25N5O3/c1-2-17-8-5-9-18(16-17)27-22(31)13-6-12-21(30)25-14-7-15-26-23-19-10-3-4-11-20(19)24(32)29-28-23/h1,3-5,8-11,16H,6-7,12-15H2,(H,25,30)(H,26,28)(H,27,31)(H,29,32). The first-order valence-corrected chi connectivity index (χ1v) is 10.4. The van der Waals surface area contributed by atoms with Gasteiger partial charge in [-0.05, 0) is 37.1 Å². The Morgan fingerprint density at radius 2 is 1.75 bits per heavy atom. The average molecular weight is 431 g/mol. The van der Waals surface area contributed by atoms with Crippen LogP contribution >= 0.6 is 0 Å². The van der Waals surface area contributed by atoms with Crippen molar-refractivity contribution in [2.75, 3.05) is 23.7 Å². The van der Waals surface area contributed by atoms with Crippen LogP contribution in [0.3, 0.4) is 0 Å². The smallest absolute Gasteiger partial charge is 0.272 e. The molecule has 0 saturated heterocycles. The molecule has 8 nitrogen and oxygen atoms in total. The Morgan fingerprint density at radius 3 is 2.56 bits per heavy atom. The molecule has 32 heavy (non-hydrogen) atoms. The number of anilines is 2. The number of terminal acetylenes is 1. The number of benzene rings is 2. The second-order valence-corrected chi connectivity index (χ2v) is 7.20. The van der Waals surface area contributed by atoms with Crippen molar-refractivity contribution < 1.29 is 9.59 Å². The summed E-state index contributed by atoms with van der Waals surface area (Å²) in [6.45, 7) is 1.08. The van der Waals surface area contributed by atoms with Gasteiger partial charge >= 0.3 is 0 Å². The Labute approximate surface area is 185 Å². The summed E-state index contributed by atoms with van der Waals surface area (Å²) in [4.78, 5) is 35.8. The van der Waals surface area contributed by atoms with E-state index in [-0.39, 0.29) is 30.2 Å². The highest BCUT2D eigenvalue weighted by molar-refractivity contribution is 5.91. The van der Waals surface area contributed by atoms with Crippen LogP contribution in [0.25, 0.3) is 10.8 Å². The van der Waals surface area contributed by atoms with Gasteiger partial charge in [0, 0.05) is 42.6 Å². The van der Waals surface area contributed by atoms with Crippen LogP contribution in [-0.2, 0) is 9.59 Å².